The molecule has 0 saturated carbocycles. The van der Waals surface area contributed by atoms with Crippen LogP contribution in [0.25, 0.3) is 11.1 Å². The van der Waals surface area contributed by atoms with E-state index < -0.39 is 0 Å². The molecule has 7 nitrogen and oxygen atoms in total. The summed E-state index contributed by atoms with van der Waals surface area (Å²) in [6, 6.07) is 12.2. The van der Waals surface area contributed by atoms with E-state index in [-0.39, 0.29) is 0 Å². The lowest BCUT2D eigenvalue weighted by Gasteiger charge is -2.23. The average Bonchev–Trinajstić information content (AvgIpc) is 3.29. The van der Waals surface area contributed by atoms with Crippen LogP contribution in [-0.2, 0) is 17.7 Å². The Morgan fingerprint density at radius 2 is 2.03 bits per heavy atom. The van der Waals surface area contributed by atoms with Crippen LogP contribution in [-0.4, -0.2) is 48.2 Å². The molecule has 0 aliphatic carbocycles. The van der Waals surface area contributed by atoms with Crippen LogP contribution in [0.1, 0.15) is 29.7 Å². The molecule has 0 radical (unpaired) electrons. The van der Waals surface area contributed by atoms with Crippen LogP contribution in [0.15, 0.2) is 48.9 Å². The Bertz CT molecular complexity index is 1070. The van der Waals surface area contributed by atoms with E-state index in [0.717, 1.165) is 54.9 Å². The van der Waals surface area contributed by atoms with Gasteiger partial charge in [0.05, 0.1) is 31.5 Å². The summed E-state index contributed by atoms with van der Waals surface area (Å²) in [7, 11) is 1.69. The van der Waals surface area contributed by atoms with Gasteiger partial charge < -0.3 is 14.8 Å². The molecular weight excluding hydrogens is 402 g/mol. The van der Waals surface area contributed by atoms with Crippen LogP contribution in [0.3, 0.4) is 0 Å². The van der Waals surface area contributed by atoms with E-state index in [9.17, 15) is 5.26 Å². The molecule has 2 aromatic heterocycles. The van der Waals surface area contributed by atoms with Crippen LogP contribution >= 0.6 is 0 Å². The monoisotopic (exact) mass is 431 g/mol. The first-order chi connectivity index (χ1) is 15.7. The van der Waals surface area contributed by atoms with Gasteiger partial charge in [-0.05, 0) is 72.8 Å². The van der Waals surface area contributed by atoms with Gasteiger partial charge in [0.2, 0.25) is 0 Å². The number of rotatable bonds is 9. The second-order valence-corrected chi connectivity index (χ2v) is 8.14. The van der Waals surface area contributed by atoms with E-state index in [0.29, 0.717) is 36.9 Å². The van der Waals surface area contributed by atoms with Gasteiger partial charge in [0.1, 0.15) is 11.8 Å². The predicted molar refractivity (Wildman–Crippen MR) is 122 cm³/mol. The molecule has 1 fully saturated rings. The van der Waals surface area contributed by atoms with Crippen molar-refractivity contribution in [3.8, 4) is 22.9 Å². The summed E-state index contributed by atoms with van der Waals surface area (Å²) in [5.74, 6) is 1.21. The summed E-state index contributed by atoms with van der Waals surface area (Å²) < 4.78 is 13.0. The lowest BCUT2D eigenvalue weighted by Crippen LogP contribution is -2.30. The van der Waals surface area contributed by atoms with Gasteiger partial charge in [-0.3, -0.25) is 9.67 Å². The first kappa shape index (κ1) is 22.0. The summed E-state index contributed by atoms with van der Waals surface area (Å²) in [6.07, 6.45) is 8.63. The lowest BCUT2D eigenvalue weighted by molar-refractivity contribution is 0.183. The molecule has 1 aliphatic rings. The number of nitrogens with zero attached hydrogens (tertiary/aromatic N) is 4. The van der Waals surface area contributed by atoms with E-state index in [2.05, 4.69) is 27.5 Å². The maximum Gasteiger partial charge on any atom is 0.137 e. The van der Waals surface area contributed by atoms with Crippen molar-refractivity contribution in [3.63, 3.8) is 0 Å². The van der Waals surface area contributed by atoms with Gasteiger partial charge in [-0.25, -0.2) is 0 Å². The quantitative estimate of drug-likeness (QED) is 0.559. The number of piperidine rings is 1. The highest BCUT2D eigenvalue weighted by molar-refractivity contribution is 5.67. The third-order valence-corrected chi connectivity index (χ3v) is 5.78. The molecule has 166 valence electrons. The zero-order valence-corrected chi connectivity index (χ0v) is 18.5. The van der Waals surface area contributed by atoms with Crippen molar-refractivity contribution in [1.29, 1.82) is 5.26 Å². The van der Waals surface area contributed by atoms with Gasteiger partial charge in [0, 0.05) is 31.6 Å². The fraction of sp³-hybridized carbons (Fsp3) is 0.400. The van der Waals surface area contributed by atoms with E-state index in [1.54, 1.807) is 7.11 Å². The molecule has 0 atom stereocenters. The molecule has 0 unspecified atom stereocenters. The summed E-state index contributed by atoms with van der Waals surface area (Å²) in [4.78, 5) is 4.52. The zero-order chi connectivity index (χ0) is 22.2. The van der Waals surface area contributed by atoms with Crippen molar-refractivity contribution in [1.82, 2.24) is 20.1 Å². The van der Waals surface area contributed by atoms with Gasteiger partial charge in [-0.15, -0.1) is 0 Å². The third-order valence-electron chi connectivity index (χ3n) is 5.78. The molecule has 1 N–H and O–H groups in total. The summed E-state index contributed by atoms with van der Waals surface area (Å²) >= 11 is 0. The van der Waals surface area contributed by atoms with Crippen LogP contribution in [0, 0.1) is 17.2 Å². The van der Waals surface area contributed by atoms with Gasteiger partial charge in [-0.2, -0.15) is 10.4 Å². The number of hydrogen-bond donors (Lipinski definition) is 1. The Morgan fingerprint density at radius 3 is 2.84 bits per heavy atom. The van der Waals surface area contributed by atoms with E-state index in [1.165, 1.54) is 0 Å². The Balaban J connectivity index is 1.45. The Morgan fingerprint density at radius 1 is 1.19 bits per heavy atom. The lowest BCUT2D eigenvalue weighted by atomic mass is 9.99. The Labute approximate surface area is 189 Å². The largest absolute Gasteiger partial charge is 0.492 e. The SMILES string of the molecule is COCCn1cc(Cc2cc(-c3ccc(OCC4CCNCC4)c(C#N)c3)ccn2)cn1. The maximum absolute atomic E-state index is 9.67. The number of nitrogens with one attached hydrogen (secondary N) is 1. The standard InChI is InChI=1S/C25H29N5O2/c1-31-11-10-30-17-20(16-29-30)12-24-14-22(6-9-28-24)21-2-3-25(23(13-21)15-26)32-18-19-4-7-27-8-5-19/h2-3,6,9,13-14,16-17,19,27H,4-5,7-8,10-12,18H2,1H3. The Hall–Kier alpha value is -3.21. The third kappa shape index (κ3) is 5.72. The molecule has 1 aliphatic heterocycles. The van der Waals surface area contributed by atoms with Gasteiger partial charge in [-0.1, -0.05) is 6.07 Å². The summed E-state index contributed by atoms with van der Waals surface area (Å²) in [5.41, 5.74) is 4.64. The van der Waals surface area contributed by atoms with Crippen molar-refractivity contribution >= 4 is 0 Å². The van der Waals surface area contributed by atoms with E-state index in [4.69, 9.17) is 9.47 Å². The fourth-order valence-electron chi connectivity index (χ4n) is 3.95. The van der Waals surface area contributed by atoms with Crippen molar-refractivity contribution in [2.75, 3.05) is 33.4 Å². The molecule has 0 amide bonds. The van der Waals surface area contributed by atoms with E-state index in [1.807, 2.05) is 47.5 Å². The molecule has 1 aromatic carbocycles. The van der Waals surface area contributed by atoms with E-state index >= 15 is 0 Å². The molecule has 3 aromatic rings. The number of ether oxygens (including phenoxy) is 2. The highest BCUT2D eigenvalue weighted by atomic mass is 16.5. The number of methoxy groups -OCH3 is 1. The number of nitriles is 1. The first-order valence-corrected chi connectivity index (χ1v) is 11.1. The highest BCUT2D eigenvalue weighted by Gasteiger charge is 2.15. The smallest absolute Gasteiger partial charge is 0.137 e. The number of aromatic nitrogens is 3. The summed E-state index contributed by atoms with van der Waals surface area (Å²) in [5, 5.41) is 17.4. The minimum atomic E-state index is 0.545. The van der Waals surface area contributed by atoms with Gasteiger partial charge >= 0.3 is 0 Å². The first-order valence-electron chi connectivity index (χ1n) is 11.1. The van der Waals surface area contributed by atoms with Crippen LogP contribution in [0.2, 0.25) is 0 Å². The van der Waals surface area contributed by atoms with Crippen molar-refractivity contribution in [2.24, 2.45) is 5.92 Å². The molecule has 1 saturated heterocycles. The fourth-order valence-corrected chi connectivity index (χ4v) is 3.95. The van der Waals surface area contributed by atoms with Crippen molar-refractivity contribution < 1.29 is 9.47 Å². The molecule has 3 heterocycles. The zero-order valence-electron chi connectivity index (χ0n) is 18.5. The molecule has 4 rings (SSSR count). The number of benzene rings is 1. The normalized spacial score (nSPS) is 14.2. The van der Waals surface area contributed by atoms with Crippen molar-refractivity contribution in [3.05, 3.63) is 65.7 Å². The molecular formula is C25H29N5O2. The topological polar surface area (TPSA) is 85.0 Å². The minimum Gasteiger partial charge on any atom is -0.492 e. The average molecular weight is 432 g/mol. The second kappa shape index (κ2) is 10.9. The minimum absolute atomic E-state index is 0.545. The predicted octanol–water partition coefficient (Wildman–Crippen LogP) is 3.43. The second-order valence-electron chi connectivity index (χ2n) is 8.14. The Kier molecular flexibility index (Phi) is 7.49. The van der Waals surface area contributed by atoms with Gasteiger partial charge in [0.25, 0.3) is 0 Å². The molecule has 0 spiro atoms. The van der Waals surface area contributed by atoms with Crippen LogP contribution in [0.4, 0.5) is 0 Å². The highest BCUT2D eigenvalue weighted by Crippen LogP contribution is 2.28. The van der Waals surface area contributed by atoms with Crippen LogP contribution in [0.5, 0.6) is 5.75 Å². The van der Waals surface area contributed by atoms with Crippen LogP contribution < -0.4 is 10.1 Å². The van der Waals surface area contributed by atoms with Gasteiger partial charge in [0.15, 0.2) is 0 Å². The summed E-state index contributed by atoms with van der Waals surface area (Å²) in [6.45, 7) is 4.10. The number of pyridine rings is 1. The molecule has 7 heteroatoms. The molecule has 0 bridgehead atoms. The maximum atomic E-state index is 9.67. The molecule has 32 heavy (non-hydrogen) atoms. The van der Waals surface area contributed by atoms with Crippen molar-refractivity contribution in [2.45, 2.75) is 25.8 Å². The number of hydrogen-bond acceptors (Lipinski definition) is 6.